The van der Waals surface area contributed by atoms with Crippen LogP contribution in [0.2, 0.25) is 0 Å². The Morgan fingerprint density at radius 2 is 2.19 bits per heavy atom. The molecule has 1 aliphatic heterocycles. The number of benzene rings is 1. The van der Waals surface area contributed by atoms with Crippen molar-refractivity contribution in [3.63, 3.8) is 0 Å². The summed E-state index contributed by atoms with van der Waals surface area (Å²) in [4.78, 5) is 4.73. The molecule has 3 N–H and O–H groups in total. The molecule has 136 valence electrons. The molecule has 6 heteroatoms. The van der Waals surface area contributed by atoms with Gasteiger partial charge in [0.05, 0.1) is 6.10 Å². The summed E-state index contributed by atoms with van der Waals surface area (Å²) in [5, 5.41) is 10.8. The Morgan fingerprint density at radius 1 is 1.27 bits per heavy atom. The standard InChI is InChI=1S/C20H23N3OS2/c25-20(22-11-14-5-3-9-24-14)23-13-17(19-8-4-10-26-19)16-12-21-18-7-2-1-6-15(16)18/h1-2,4,6-8,10,12,14,17,21H,3,5,9,11,13H2,(H2,22,23,25)/t14-,17+/m1/s1. The molecule has 3 heterocycles. The molecule has 0 radical (unpaired) electrons. The van der Waals surface area contributed by atoms with Crippen molar-refractivity contribution in [2.24, 2.45) is 0 Å². The maximum absolute atomic E-state index is 5.64. The van der Waals surface area contributed by atoms with Crippen LogP contribution in [0.25, 0.3) is 10.9 Å². The van der Waals surface area contributed by atoms with Crippen molar-refractivity contribution in [1.82, 2.24) is 15.6 Å². The van der Waals surface area contributed by atoms with E-state index in [2.05, 4.69) is 63.6 Å². The highest BCUT2D eigenvalue weighted by molar-refractivity contribution is 7.80. The summed E-state index contributed by atoms with van der Waals surface area (Å²) >= 11 is 7.27. The lowest BCUT2D eigenvalue weighted by atomic mass is 9.97. The normalized spacial score (nSPS) is 18.1. The van der Waals surface area contributed by atoms with Crippen LogP contribution >= 0.6 is 23.6 Å². The van der Waals surface area contributed by atoms with Crippen LogP contribution in [-0.4, -0.2) is 35.9 Å². The third kappa shape index (κ3) is 3.92. The first kappa shape index (κ1) is 17.5. The van der Waals surface area contributed by atoms with Crippen molar-refractivity contribution in [1.29, 1.82) is 0 Å². The Labute approximate surface area is 163 Å². The minimum atomic E-state index is 0.258. The van der Waals surface area contributed by atoms with Gasteiger partial charge in [0.1, 0.15) is 0 Å². The summed E-state index contributed by atoms with van der Waals surface area (Å²) in [6, 6.07) is 12.7. The third-order valence-electron chi connectivity index (χ3n) is 4.86. The number of nitrogens with one attached hydrogen (secondary N) is 3. The zero-order chi connectivity index (χ0) is 17.8. The maximum Gasteiger partial charge on any atom is 0.166 e. The molecule has 4 rings (SSSR count). The van der Waals surface area contributed by atoms with E-state index in [9.17, 15) is 0 Å². The minimum absolute atomic E-state index is 0.258. The van der Waals surface area contributed by atoms with Crippen LogP contribution in [-0.2, 0) is 4.74 Å². The van der Waals surface area contributed by atoms with Gasteiger partial charge in [0.15, 0.2) is 5.11 Å². The summed E-state index contributed by atoms with van der Waals surface area (Å²) in [6.07, 6.45) is 4.67. The van der Waals surface area contributed by atoms with Crippen molar-refractivity contribution in [2.45, 2.75) is 24.9 Å². The van der Waals surface area contributed by atoms with Crippen molar-refractivity contribution in [3.8, 4) is 0 Å². The van der Waals surface area contributed by atoms with Crippen LogP contribution in [0.5, 0.6) is 0 Å². The number of H-pyrrole nitrogens is 1. The number of para-hydroxylation sites is 1. The number of ether oxygens (including phenoxy) is 1. The lowest BCUT2D eigenvalue weighted by Crippen LogP contribution is -2.41. The molecular weight excluding hydrogens is 362 g/mol. The molecule has 0 bridgehead atoms. The molecule has 26 heavy (non-hydrogen) atoms. The summed E-state index contributed by atoms with van der Waals surface area (Å²) in [6.45, 7) is 2.41. The molecule has 0 saturated carbocycles. The van der Waals surface area contributed by atoms with Crippen molar-refractivity contribution >= 4 is 39.6 Å². The fourth-order valence-corrected chi connectivity index (χ4v) is 4.52. The number of thiocarbonyl (C=S) groups is 1. The highest BCUT2D eigenvalue weighted by atomic mass is 32.1. The van der Waals surface area contributed by atoms with E-state index in [1.165, 1.54) is 21.3 Å². The number of thiophene rings is 1. The van der Waals surface area contributed by atoms with Gasteiger partial charge in [0, 0.05) is 47.6 Å². The average molecular weight is 386 g/mol. The third-order valence-corrected chi connectivity index (χ3v) is 6.14. The molecule has 3 aromatic rings. The fourth-order valence-electron chi connectivity index (χ4n) is 3.50. The summed E-state index contributed by atoms with van der Waals surface area (Å²) in [5.74, 6) is 0.258. The first-order valence-electron chi connectivity index (χ1n) is 9.04. The minimum Gasteiger partial charge on any atom is -0.376 e. The van der Waals surface area contributed by atoms with E-state index in [0.29, 0.717) is 5.11 Å². The van der Waals surface area contributed by atoms with Gasteiger partial charge in [-0.15, -0.1) is 11.3 Å². The second-order valence-electron chi connectivity index (χ2n) is 6.58. The molecule has 2 atom stereocenters. The molecule has 0 amide bonds. The van der Waals surface area contributed by atoms with Gasteiger partial charge in [0.2, 0.25) is 0 Å². The number of hydrogen-bond acceptors (Lipinski definition) is 3. The van der Waals surface area contributed by atoms with Crippen molar-refractivity contribution in [2.75, 3.05) is 19.7 Å². The lowest BCUT2D eigenvalue weighted by Gasteiger charge is -2.19. The zero-order valence-electron chi connectivity index (χ0n) is 14.5. The highest BCUT2D eigenvalue weighted by Gasteiger charge is 2.20. The van der Waals surface area contributed by atoms with Crippen LogP contribution < -0.4 is 10.6 Å². The smallest absolute Gasteiger partial charge is 0.166 e. The molecule has 1 saturated heterocycles. The van der Waals surface area contributed by atoms with Crippen molar-refractivity contribution in [3.05, 3.63) is 58.4 Å². The number of fused-ring (bicyclic) bond motifs is 1. The van der Waals surface area contributed by atoms with Gasteiger partial charge in [-0.3, -0.25) is 0 Å². The lowest BCUT2D eigenvalue weighted by molar-refractivity contribution is 0.114. The van der Waals surface area contributed by atoms with Gasteiger partial charge >= 0.3 is 0 Å². The SMILES string of the molecule is S=C(NC[C@H]1CCCO1)NC[C@H](c1cccs1)c1c[nH]c2ccccc12. The van der Waals surface area contributed by atoms with Crippen LogP contribution in [0.15, 0.2) is 48.0 Å². The van der Waals surface area contributed by atoms with Crippen LogP contribution in [0.4, 0.5) is 0 Å². The Balaban J connectivity index is 1.45. The second-order valence-corrected chi connectivity index (χ2v) is 7.97. The topological polar surface area (TPSA) is 49.1 Å². The van der Waals surface area contributed by atoms with Gasteiger partial charge in [-0.05, 0) is 48.1 Å². The zero-order valence-corrected chi connectivity index (χ0v) is 16.2. The van der Waals surface area contributed by atoms with E-state index in [-0.39, 0.29) is 12.0 Å². The average Bonchev–Trinajstić information content (AvgIpc) is 3.42. The van der Waals surface area contributed by atoms with E-state index in [1.54, 1.807) is 11.3 Å². The molecule has 1 aliphatic rings. The summed E-state index contributed by atoms with van der Waals surface area (Å²) in [5.41, 5.74) is 2.47. The Hall–Kier alpha value is -1.89. The molecule has 2 aromatic heterocycles. The molecule has 1 fully saturated rings. The number of aromatic amines is 1. The van der Waals surface area contributed by atoms with Gasteiger partial charge in [0.25, 0.3) is 0 Å². The van der Waals surface area contributed by atoms with Gasteiger partial charge in [-0.1, -0.05) is 24.3 Å². The number of rotatable bonds is 6. The quantitative estimate of drug-likeness (QED) is 0.561. The summed E-state index contributed by atoms with van der Waals surface area (Å²) in [7, 11) is 0. The van der Waals surface area contributed by atoms with E-state index in [1.807, 2.05) is 0 Å². The molecule has 0 aliphatic carbocycles. The van der Waals surface area contributed by atoms with Gasteiger partial charge in [-0.25, -0.2) is 0 Å². The van der Waals surface area contributed by atoms with Gasteiger partial charge in [-0.2, -0.15) is 0 Å². The number of hydrogen-bond donors (Lipinski definition) is 3. The first-order chi connectivity index (χ1) is 12.8. The van der Waals surface area contributed by atoms with E-state index in [0.717, 1.165) is 32.5 Å². The van der Waals surface area contributed by atoms with E-state index in [4.69, 9.17) is 17.0 Å². The van der Waals surface area contributed by atoms with E-state index >= 15 is 0 Å². The Morgan fingerprint density at radius 3 is 3.00 bits per heavy atom. The summed E-state index contributed by atoms with van der Waals surface area (Å²) < 4.78 is 5.64. The fraction of sp³-hybridized carbons (Fsp3) is 0.350. The monoisotopic (exact) mass is 385 g/mol. The Bertz CT molecular complexity index is 853. The second kappa shape index (κ2) is 8.20. The predicted molar refractivity (Wildman–Crippen MR) is 112 cm³/mol. The van der Waals surface area contributed by atoms with E-state index < -0.39 is 0 Å². The number of aromatic nitrogens is 1. The maximum atomic E-state index is 5.64. The Kier molecular flexibility index (Phi) is 5.53. The molecule has 0 spiro atoms. The molecule has 0 unspecified atom stereocenters. The van der Waals surface area contributed by atoms with Crippen LogP contribution in [0, 0.1) is 0 Å². The first-order valence-corrected chi connectivity index (χ1v) is 10.3. The van der Waals surface area contributed by atoms with Crippen LogP contribution in [0.3, 0.4) is 0 Å². The van der Waals surface area contributed by atoms with Crippen molar-refractivity contribution < 1.29 is 4.74 Å². The molecular formula is C20H23N3OS2. The largest absolute Gasteiger partial charge is 0.376 e. The predicted octanol–water partition coefficient (Wildman–Crippen LogP) is 4.00. The molecule has 4 nitrogen and oxygen atoms in total. The highest BCUT2D eigenvalue weighted by Crippen LogP contribution is 2.32. The van der Waals surface area contributed by atoms with Gasteiger partial charge < -0.3 is 20.4 Å². The molecule has 1 aromatic carbocycles. The van der Waals surface area contributed by atoms with Crippen LogP contribution in [0.1, 0.15) is 29.2 Å².